The van der Waals surface area contributed by atoms with E-state index in [2.05, 4.69) is 10.3 Å². The van der Waals surface area contributed by atoms with Crippen LogP contribution in [-0.2, 0) is 11.3 Å². The molecule has 1 aliphatic rings. The zero-order chi connectivity index (χ0) is 14.8. The van der Waals surface area contributed by atoms with Gasteiger partial charge in [0.15, 0.2) is 0 Å². The first kappa shape index (κ1) is 14.4. The topological polar surface area (TPSA) is 72.4 Å². The van der Waals surface area contributed by atoms with E-state index < -0.39 is 0 Å². The first-order valence-electron chi connectivity index (χ1n) is 7.28. The van der Waals surface area contributed by atoms with Crippen molar-refractivity contribution >= 4 is 23.2 Å². The van der Waals surface area contributed by atoms with Crippen LogP contribution in [0.3, 0.4) is 0 Å². The molecule has 3 rings (SSSR count). The number of nitrogens with zero attached hydrogens (tertiary/aromatic N) is 2. The molecule has 2 aromatic heterocycles. The summed E-state index contributed by atoms with van der Waals surface area (Å²) in [6.45, 7) is 1.02. The van der Waals surface area contributed by atoms with E-state index in [9.17, 15) is 4.79 Å². The Kier molecular flexibility index (Phi) is 4.12. The summed E-state index contributed by atoms with van der Waals surface area (Å²) >= 11 is 5.94. The van der Waals surface area contributed by atoms with Gasteiger partial charge in [0.1, 0.15) is 5.65 Å². The minimum atomic E-state index is 0.0569. The summed E-state index contributed by atoms with van der Waals surface area (Å²) in [6.07, 6.45) is 6.77. The average molecular weight is 307 g/mol. The largest absolute Gasteiger partial charge is 0.350 e. The second-order valence-electron chi connectivity index (χ2n) is 5.60. The van der Waals surface area contributed by atoms with Gasteiger partial charge in [-0.25, -0.2) is 4.98 Å². The van der Waals surface area contributed by atoms with E-state index in [1.165, 1.54) is 0 Å². The molecular weight excluding hydrogens is 288 g/mol. The lowest BCUT2D eigenvalue weighted by Gasteiger charge is -2.16. The van der Waals surface area contributed by atoms with Gasteiger partial charge in [-0.3, -0.25) is 4.79 Å². The van der Waals surface area contributed by atoms with E-state index in [0.29, 0.717) is 24.0 Å². The van der Waals surface area contributed by atoms with Crippen LogP contribution in [0.5, 0.6) is 0 Å². The lowest BCUT2D eigenvalue weighted by Crippen LogP contribution is -2.34. The van der Waals surface area contributed by atoms with E-state index in [4.69, 9.17) is 17.3 Å². The Morgan fingerprint density at radius 3 is 3.10 bits per heavy atom. The summed E-state index contributed by atoms with van der Waals surface area (Å²) in [7, 11) is 0. The van der Waals surface area contributed by atoms with Crippen molar-refractivity contribution in [3.63, 3.8) is 0 Å². The second-order valence-corrected chi connectivity index (χ2v) is 6.03. The van der Waals surface area contributed by atoms with Crippen molar-refractivity contribution in [3.05, 3.63) is 35.2 Å². The molecule has 0 saturated heterocycles. The maximum Gasteiger partial charge on any atom is 0.223 e. The highest BCUT2D eigenvalue weighted by molar-refractivity contribution is 6.30. The molecule has 0 bridgehead atoms. The van der Waals surface area contributed by atoms with Crippen LogP contribution in [0.2, 0.25) is 5.02 Å². The van der Waals surface area contributed by atoms with Crippen molar-refractivity contribution in [2.75, 3.05) is 6.54 Å². The van der Waals surface area contributed by atoms with E-state index in [1.54, 1.807) is 12.3 Å². The zero-order valence-electron chi connectivity index (χ0n) is 11.8. The fourth-order valence-electron chi connectivity index (χ4n) is 3.08. The molecule has 0 unspecified atom stereocenters. The van der Waals surface area contributed by atoms with Gasteiger partial charge in [-0.15, -0.1) is 0 Å². The highest BCUT2D eigenvalue weighted by Gasteiger charge is 2.31. The number of fused-ring (bicyclic) bond motifs is 1. The minimum Gasteiger partial charge on any atom is -0.350 e. The predicted octanol–water partition coefficient (Wildman–Crippen LogP) is 1.98. The molecule has 112 valence electrons. The van der Waals surface area contributed by atoms with Crippen molar-refractivity contribution in [2.24, 2.45) is 17.6 Å². The summed E-state index contributed by atoms with van der Waals surface area (Å²) < 4.78 is 1.86. The number of hydrogen-bond donors (Lipinski definition) is 2. The van der Waals surface area contributed by atoms with Gasteiger partial charge in [0.2, 0.25) is 5.91 Å². The smallest absolute Gasteiger partial charge is 0.223 e. The fraction of sp³-hybridized carbons (Fsp3) is 0.467. The SMILES string of the molecule is NC[C@H]1CCC[C@H]1C(=O)NCc1cn2cc(Cl)ccc2n1. The van der Waals surface area contributed by atoms with Crippen LogP contribution in [0.4, 0.5) is 0 Å². The van der Waals surface area contributed by atoms with Gasteiger partial charge < -0.3 is 15.5 Å². The molecule has 21 heavy (non-hydrogen) atoms. The minimum absolute atomic E-state index is 0.0569. The van der Waals surface area contributed by atoms with Gasteiger partial charge >= 0.3 is 0 Å². The van der Waals surface area contributed by atoms with Gasteiger partial charge in [0, 0.05) is 18.3 Å². The molecule has 2 atom stereocenters. The molecular formula is C15H19ClN4O. The van der Waals surface area contributed by atoms with Crippen LogP contribution in [0.25, 0.3) is 5.65 Å². The van der Waals surface area contributed by atoms with Gasteiger partial charge in [-0.1, -0.05) is 18.0 Å². The summed E-state index contributed by atoms with van der Waals surface area (Å²) in [5, 5.41) is 3.64. The number of halogens is 1. The fourth-order valence-corrected chi connectivity index (χ4v) is 3.24. The molecule has 5 nitrogen and oxygen atoms in total. The number of carbonyl (C=O) groups excluding carboxylic acids is 1. The maximum atomic E-state index is 12.2. The normalized spacial score (nSPS) is 21.8. The number of pyridine rings is 1. The molecule has 3 N–H and O–H groups in total. The molecule has 2 aromatic rings. The van der Waals surface area contributed by atoms with Crippen LogP contribution in [-0.4, -0.2) is 21.8 Å². The molecule has 1 aliphatic carbocycles. The molecule has 0 aromatic carbocycles. The molecule has 0 radical (unpaired) electrons. The Labute approximate surface area is 128 Å². The van der Waals surface area contributed by atoms with Gasteiger partial charge in [0.05, 0.1) is 17.3 Å². The lowest BCUT2D eigenvalue weighted by atomic mass is 9.95. The number of nitrogens with two attached hydrogens (primary N) is 1. The van der Waals surface area contributed by atoms with Gasteiger partial charge in [-0.2, -0.15) is 0 Å². The Hall–Kier alpha value is -1.59. The molecule has 6 heteroatoms. The molecule has 0 spiro atoms. The van der Waals surface area contributed by atoms with Crippen molar-refractivity contribution < 1.29 is 4.79 Å². The van der Waals surface area contributed by atoms with E-state index >= 15 is 0 Å². The lowest BCUT2D eigenvalue weighted by molar-refractivity contribution is -0.126. The second kappa shape index (κ2) is 6.03. The van der Waals surface area contributed by atoms with E-state index in [0.717, 1.165) is 30.6 Å². The number of aromatic nitrogens is 2. The summed E-state index contributed by atoms with van der Waals surface area (Å²) in [4.78, 5) is 16.7. The Morgan fingerprint density at radius 2 is 2.29 bits per heavy atom. The zero-order valence-corrected chi connectivity index (χ0v) is 12.5. The van der Waals surface area contributed by atoms with Gasteiger partial charge in [-0.05, 0) is 37.4 Å². The first-order chi connectivity index (χ1) is 10.2. The third-order valence-corrected chi connectivity index (χ3v) is 4.43. The average Bonchev–Trinajstić information content (AvgIpc) is 3.10. The van der Waals surface area contributed by atoms with E-state index in [-0.39, 0.29) is 11.8 Å². The van der Waals surface area contributed by atoms with Crippen molar-refractivity contribution in [1.82, 2.24) is 14.7 Å². The molecule has 1 amide bonds. The van der Waals surface area contributed by atoms with E-state index in [1.807, 2.05) is 16.7 Å². The third kappa shape index (κ3) is 3.04. The number of hydrogen-bond acceptors (Lipinski definition) is 3. The van der Waals surface area contributed by atoms with Crippen molar-refractivity contribution in [2.45, 2.75) is 25.8 Å². The van der Waals surface area contributed by atoms with Crippen LogP contribution in [0, 0.1) is 11.8 Å². The standard InChI is InChI=1S/C15H19ClN4O/c16-11-4-5-14-19-12(9-20(14)8-11)7-18-15(21)13-3-1-2-10(13)6-17/h4-5,8-10,13H,1-3,6-7,17H2,(H,18,21)/t10-,13-/m1/s1. The third-order valence-electron chi connectivity index (χ3n) is 4.21. The maximum absolute atomic E-state index is 12.2. The first-order valence-corrected chi connectivity index (χ1v) is 7.66. The van der Waals surface area contributed by atoms with Crippen molar-refractivity contribution in [1.29, 1.82) is 0 Å². The number of amides is 1. The number of carbonyl (C=O) groups is 1. The van der Waals surface area contributed by atoms with Crippen LogP contribution in [0.15, 0.2) is 24.5 Å². The Morgan fingerprint density at radius 1 is 1.43 bits per heavy atom. The summed E-state index contributed by atoms with van der Waals surface area (Å²) in [6, 6.07) is 3.66. The summed E-state index contributed by atoms with van der Waals surface area (Å²) in [5.74, 6) is 0.476. The monoisotopic (exact) mass is 306 g/mol. The van der Waals surface area contributed by atoms with Crippen LogP contribution < -0.4 is 11.1 Å². The molecule has 1 saturated carbocycles. The van der Waals surface area contributed by atoms with Crippen LogP contribution >= 0.6 is 11.6 Å². The molecule has 2 heterocycles. The van der Waals surface area contributed by atoms with Crippen molar-refractivity contribution in [3.8, 4) is 0 Å². The quantitative estimate of drug-likeness (QED) is 0.907. The molecule has 1 fully saturated rings. The number of nitrogens with one attached hydrogen (secondary N) is 1. The van der Waals surface area contributed by atoms with Gasteiger partial charge in [0.25, 0.3) is 0 Å². The highest BCUT2D eigenvalue weighted by atomic mass is 35.5. The number of imidazole rings is 1. The predicted molar refractivity (Wildman–Crippen MR) is 81.9 cm³/mol. The molecule has 0 aliphatic heterocycles. The Balaban J connectivity index is 1.64. The highest BCUT2D eigenvalue weighted by Crippen LogP contribution is 2.30. The Bertz CT molecular complexity index is 654. The number of rotatable bonds is 4. The summed E-state index contributed by atoms with van der Waals surface area (Å²) in [5.41, 5.74) is 7.38. The van der Waals surface area contributed by atoms with Crippen LogP contribution in [0.1, 0.15) is 25.0 Å².